The molecule has 0 radical (unpaired) electrons. The van der Waals surface area contributed by atoms with Crippen LogP contribution in [-0.2, 0) is 0 Å². The Morgan fingerprint density at radius 3 is 2.18 bits per heavy atom. The molecule has 1 aliphatic carbocycles. The van der Waals surface area contributed by atoms with Crippen LogP contribution in [0.3, 0.4) is 0 Å². The molecule has 2 rings (SSSR count). The van der Waals surface area contributed by atoms with Crippen LogP contribution in [0.25, 0.3) is 0 Å². The second-order valence-electron chi connectivity index (χ2n) is 3.24. The number of halogens is 1. The predicted octanol–water partition coefficient (Wildman–Crippen LogP) is 3.03. The molecule has 0 unspecified atom stereocenters. The van der Waals surface area contributed by atoms with E-state index in [0.29, 0.717) is 17.2 Å². The number of hydrogen-bond acceptors (Lipinski definition) is 0. The monoisotopic (exact) mass is 166 g/mol. The normalized spacial score (nSPS) is 35.3. The summed E-state index contributed by atoms with van der Waals surface area (Å²) in [6.07, 6.45) is 0. The van der Waals surface area contributed by atoms with E-state index in [0.717, 1.165) is 0 Å². The second-order valence-corrected chi connectivity index (χ2v) is 3.74. The Morgan fingerprint density at radius 1 is 1.18 bits per heavy atom. The lowest BCUT2D eigenvalue weighted by Gasteiger charge is -1.94. The molecular formula is C10H11Cl. The molecule has 1 aliphatic rings. The van der Waals surface area contributed by atoms with Gasteiger partial charge < -0.3 is 0 Å². The van der Waals surface area contributed by atoms with Crippen LogP contribution < -0.4 is 0 Å². The maximum Gasteiger partial charge on any atom is 0.0439 e. The lowest BCUT2D eigenvalue weighted by Crippen LogP contribution is -1.79. The minimum absolute atomic E-state index is 0.373. The lowest BCUT2D eigenvalue weighted by molar-refractivity contribution is 0.915. The summed E-state index contributed by atoms with van der Waals surface area (Å²) in [5, 5.41) is 0.373. The van der Waals surface area contributed by atoms with Gasteiger partial charge in [-0.2, -0.15) is 0 Å². The Labute approximate surface area is 72.2 Å². The van der Waals surface area contributed by atoms with Crippen molar-refractivity contribution in [1.29, 1.82) is 0 Å². The summed E-state index contributed by atoms with van der Waals surface area (Å²) in [4.78, 5) is 0. The van der Waals surface area contributed by atoms with E-state index in [-0.39, 0.29) is 0 Å². The van der Waals surface area contributed by atoms with Gasteiger partial charge in [0.05, 0.1) is 0 Å². The molecule has 0 aromatic heterocycles. The molecule has 58 valence electrons. The van der Waals surface area contributed by atoms with Gasteiger partial charge in [-0.1, -0.05) is 37.3 Å². The number of alkyl halides is 1. The van der Waals surface area contributed by atoms with Crippen molar-refractivity contribution >= 4 is 11.6 Å². The Kier molecular flexibility index (Phi) is 1.65. The third-order valence-corrected chi connectivity index (χ3v) is 3.12. The Morgan fingerprint density at radius 2 is 1.73 bits per heavy atom. The fourth-order valence-electron chi connectivity index (χ4n) is 1.58. The van der Waals surface area contributed by atoms with Gasteiger partial charge in [0.1, 0.15) is 0 Å². The van der Waals surface area contributed by atoms with Gasteiger partial charge in [-0.05, 0) is 11.5 Å². The van der Waals surface area contributed by atoms with E-state index in [2.05, 4.69) is 31.2 Å². The van der Waals surface area contributed by atoms with Gasteiger partial charge >= 0.3 is 0 Å². The van der Waals surface area contributed by atoms with Gasteiger partial charge in [-0.3, -0.25) is 0 Å². The van der Waals surface area contributed by atoms with E-state index in [1.54, 1.807) is 0 Å². The first-order chi connectivity index (χ1) is 5.30. The van der Waals surface area contributed by atoms with Crippen molar-refractivity contribution in [2.24, 2.45) is 5.92 Å². The van der Waals surface area contributed by atoms with Gasteiger partial charge in [0.2, 0.25) is 0 Å². The molecule has 1 fully saturated rings. The third-order valence-electron chi connectivity index (χ3n) is 2.46. The first kappa shape index (κ1) is 7.17. The standard InChI is InChI=1S/C10H11Cl/c1-7-9(10(7)11)8-5-3-2-4-6-8/h2-7,9-10H,1H3/t7-,9-,10-/m0/s1. The van der Waals surface area contributed by atoms with Gasteiger partial charge in [0, 0.05) is 11.3 Å². The van der Waals surface area contributed by atoms with Gasteiger partial charge in [0.15, 0.2) is 0 Å². The fraction of sp³-hybridized carbons (Fsp3) is 0.400. The van der Waals surface area contributed by atoms with Crippen LogP contribution in [0.2, 0.25) is 0 Å². The fourth-order valence-corrected chi connectivity index (χ4v) is 2.02. The largest absolute Gasteiger partial charge is 0.122 e. The summed E-state index contributed by atoms with van der Waals surface area (Å²) in [6, 6.07) is 10.5. The van der Waals surface area contributed by atoms with Gasteiger partial charge in [-0.25, -0.2) is 0 Å². The summed E-state index contributed by atoms with van der Waals surface area (Å²) >= 11 is 6.04. The highest BCUT2D eigenvalue weighted by Crippen LogP contribution is 2.51. The van der Waals surface area contributed by atoms with E-state index in [1.165, 1.54) is 5.56 Å². The van der Waals surface area contributed by atoms with E-state index < -0.39 is 0 Å². The molecule has 0 spiro atoms. The average molecular weight is 167 g/mol. The maximum absolute atomic E-state index is 6.04. The number of rotatable bonds is 1. The van der Waals surface area contributed by atoms with Crippen molar-refractivity contribution < 1.29 is 0 Å². The topological polar surface area (TPSA) is 0 Å². The van der Waals surface area contributed by atoms with Crippen molar-refractivity contribution in [2.75, 3.05) is 0 Å². The molecule has 1 aromatic rings. The van der Waals surface area contributed by atoms with Gasteiger partial charge in [-0.15, -0.1) is 11.6 Å². The molecule has 0 amide bonds. The van der Waals surface area contributed by atoms with Crippen molar-refractivity contribution in [3.8, 4) is 0 Å². The van der Waals surface area contributed by atoms with Crippen molar-refractivity contribution in [3.05, 3.63) is 35.9 Å². The molecule has 1 saturated carbocycles. The van der Waals surface area contributed by atoms with Crippen LogP contribution in [0, 0.1) is 5.92 Å². The lowest BCUT2D eigenvalue weighted by atomic mass is 10.1. The first-order valence-electron chi connectivity index (χ1n) is 3.99. The van der Waals surface area contributed by atoms with Gasteiger partial charge in [0.25, 0.3) is 0 Å². The van der Waals surface area contributed by atoms with Crippen molar-refractivity contribution in [3.63, 3.8) is 0 Å². The first-order valence-corrected chi connectivity index (χ1v) is 4.43. The summed E-state index contributed by atoms with van der Waals surface area (Å²) in [5.74, 6) is 1.27. The van der Waals surface area contributed by atoms with E-state index in [1.807, 2.05) is 6.07 Å². The van der Waals surface area contributed by atoms with Crippen LogP contribution in [-0.4, -0.2) is 5.38 Å². The molecular weight excluding hydrogens is 156 g/mol. The zero-order chi connectivity index (χ0) is 7.84. The van der Waals surface area contributed by atoms with Crippen LogP contribution in [0.4, 0.5) is 0 Å². The minimum atomic E-state index is 0.373. The van der Waals surface area contributed by atoms with Crippen LogP contribution >= 0.6 is 11.6 Å². The average Bonchev–Trinajstić information content (AvgIpc) is 2.62. The zero-order valence-corrected chi connectivity index (χ0v) is 7.25. The number of benzene rings is 1. The van der Waals surface area contributed by atoms with Crippen molar-refractivity contribution in [1.82, 2.24) is 0 Å². The highest BCUT2D eigenvalue weighted by atomic mass is 35.5. The third kappa shape index (κ3) is 1.16. The summed E-state index contributed by atoms with van der Waals surface area (Å²) in [6.45, 7) is 2.20. The number of hydrogen-bond donors (Lipinski definition) is 0. The van der Waals surface area contributed by atoms with Crippen LogP contribution in [0.5, 0.6) is 0 Å². The summed E-state index contributed by atoms with van der Waals surface area (Å²) in [5.41, 5.74) is 1.39. The molecule has 3 atom stereocenters. The molecule has 0 aliphatic heterocycles. The molecule has 11 heavy (non-hydrogen) atoms. The molecule has 0 bridgehead atoms. The Bertz CT molecular complexity index is 234. The molecule has 1 aromatic carbocycles. The highest BCUT2D eigenvalue weighted by Gasteiger charge is 2.45. The molecule has 0 nitrogen and oxygen atoms in total. The van der Waals surface area contributed by atoms with Crippen molar-refractivity contribution in [2.45, 2.75) is 18.2 Å². The minimum Gasteiger partial charge on any atom is -0.122 e. The molecule has 0 heterocycles. The second kappa shape index (κ2) is 2.53. The quantitative estimate of drug-likeness (QED) is 0.563. The highest BCUT2D eigenvalue weighted by molar-refractivity contribution is 6.23. The van der Waals surface area contributed by atoms with E-state index in [4.69, 9.17) is 11.6 Å². The summed E-state index contributed by atoms with van der Waals surface area (Å²) in [7, 11) is 0. The smallest absolute Gasteiger partial charge is 0.0439 e. The predicted molar refractivity (Wildman–Crippen MR) is 48.0 cm³/mol. The molecule has 0 saturated heterocycles. The zero-order valence-electron chi connectivity index (χ0n) is 6.50. The van der Waals surface area contributed by atoms with Crippen LogP contribution in [0.15, 0.2) is 30.3 Å². The Hall–Kier alpha value is -0.490. The van der Waals surface area contributed by atoms with E-state index >= 15 is 0 Å². The Balaban J connectivity index is 2.20. The van der Waals surface area contributed by atoms with Crippen LogP contribution in [0.1, 0.15) is 18.4 Å². The maximum atomic E-state index is 6.04. The SMILES string of the molecule is C[C@@H]1[C@H](Cl)[C@@H]1c1ccccc1. The summed E-state index contributed by atoms with van der Waals surface area (Å²) < 4.78 is 0. The molecule has 0 N–H and O–H groups in total. The van der Waals surface area contributed by atoms with E-state index in [9.17, 15) is 0 Å². The molecule has 1 heteroatoms.